The van der Waals surface area contributed by atoms with Gasteiger partial charge in [0.15, 0.2) is 0 Å². The quantitative estimate of drug-likeness (QED) is 0.452. The molecule has 0 bridgehead atoms. The van der Waals surface area contributed by atoms with Gasteiger partial charge in [0, 0.05) is 10.5 Å². The average Bonchev–Trinajstić information content (AvgIpc) is 2.44. The molecule has 2 rings (SSSR count). The van der Waals surface area contributed by atoms with Crippen LogP contribution in [0, 0.1) is 13.8 Å². The molecule has 0 aliphatic carbocycles. The number of rotatable bonds is 2. The van der Waals surface area contributed by atoms with Crippen LogP contribution in [0.5, 0.6) is 0 Å². The van der Waals surface area contributed by atoms with Crippen LogP contribution in [0.3, 0.4) is 0 Å². The summed E-state index contributed by atoms with van der Waals surface area (Å²) in [7, 11) is 0. The minimum Gasteiger partial charge on any atom is -0.281 e. The molecule has 8 heteroatoms. The molecule has 0 heterocycles. The van der Waals surface area contributed by atoms with Crippen molar-refractivity contribution in [3.8, 4) is 0 Å². The highest BCUT2D eigenvalue weighted by Crippen LogP contribution is 2.35. The fraction of sp³-hybridized carbons (Fsp3) is 0.235. The van der Waals surface area contributed by atoms with E-state index in [0.29, 0.717) is 11.8 Å². The summed E-state index contributed by atoms with van der Waals surface area (Å²) in [4.78, 5) is 12.5. The van der Waals surface area contributed by atoms with Crippen molar-refractivity contribution in [2.45, 2.75) is 31.1 Å². The SMILES string of the molecule is Cc1cc(SC(=O)c2ccc(C(F)(F)F)c(C)c2)ccc1C(F)(F)F. The molecule has 0 saturated heterocycles. The maximum atomic E-state index is 12.7. The van der Waals surface area contributed by atoms with Crippen LogP contribution in [0.1, 0.15) is 32.6 Å². The molecule has 134 valence electrons. The molecule has 0 aromatic heterocycles. The number of aryl methyl sites for hydroxylation is 2. The predicted molar refractivity (Wildman–Crippen MR) is 82.5 cm³/mol. The summed E-state index contributed by atoms with van der Waals surface area (Å²) >= 11 is 0.665. The lowest BCUT2D eigenvalue weighted by Crippen LogP contribution is -2.08. The standard InChI is InChI=1S/C17H12F6OS/c1-9-7-11(3-5-13(9)16(18,19)20)15(24)25-12-4-6-14(10(2)8-12)17(21,22)23/h3-8H,1-2H3. The molecule has 0 aliphatic heterocycles. The number of carbonyl (C=O) groups excluding carboxylic acids is 1. The Kier molecular flexibility index (Phi) is 5.22. The number of carbonyl (C=O) groups is 1. The molecule has 0 saturated carbocycles. The zero-order valence-electron chi connectivity index (χ0n) is 13.0. The van der Waals surface area contributed by atoms with Crippen molar-refractivity contribution in [1.29, 1.82) is 0 Å². The Hall–Kier alpha value is -1.96. The molecule has 25 heavy (non-hydrogen) atoms. The predicted octanol–water partition coefficient (Wildman–Crippen LogP) is 6.27. The van der Waals surface area contributed by atoms with Crippen molar-refractivity contribution >= 4 is 16.9 Å². The van der Waals surface area contributed by atoms with Crippen molar-refractivity contribution in [2.75, 3.05) is 0 Å². The lowest BCUT2D eigenvalue weighted by Gasteiger charge is -2.12. The van der Waals surface area contributed by atoms with Crippen LogP contribution in [0.4, 0.5) is 26.3 Å². The highest BCUT2D eigenvalue weighted by atomic mass is 32.2. The van der Waals surface area contributed by atoms with E-state index in [4.69, 9.17) is 0 Å². The summed E-state index contributed by atoms with van der Waals surface area (Å²) in [6, 6.07) is 6.26. The van der Waals surface area contributed by atoms with E-state index in [1.54, 1.807) is 0 Å². The van der Waals surface area contributed by atoms with Gasteiger partial charge < -0.3 is 0 Å². The maximum Gasteiger partial charge on any atom is 0.416 e. The number of thioether (sulfide) groups is 1. The fourth-order valence-corrected chi connectivity index (χ4v) is 3.12. The molecule has 0 fully saturated rings. The first-order chi connectivity index (χ1) is 11.4. The third-order valence-electron chi connectivity index (χ3n) is 3.48. The molecule has 1 nitrogen and oxygen atoms in total. The van der Waals surface area contributed by atoms with Gasteiger partial charge in [0.1, 0.15) is 0 Å². The van der Waals surface area contributed by atoms with Crippen LogP contribution < -0.4 is 0 Å². The van der Waals surface area contributed by atoms with Crippen LogP contribution in [0.2, 0.25) is 0 Å². The first-order valence-electron chi connectivity index (χ1n) is 6.97. The van der Waals surface area contributed by atoms with E-state index in [9.17, 15) is 31.1 Å². The Bertz CT molecular complexity index is 808. The number of benzene rings is 2. The summed E-state index contributed by atoms with van der Waals surface area (Å²) in [5.74, 6) is 0. The zero-order chi connectivity index (χ0) is 19.0. The largest absolute Gasteiger partial charge is 0.416 e. The number of hydrogen-bond acceptors (Lipinski definition) is 2. The first-order valence-corrected chi connectivity index (χ1v) is 7.79. The molecule has 0 aliphatic rings. The fourth-order valence-electron chi connectivity index (χ4n) is 2.29. The van der Waals surface area contributed by atoms with Crippen LogP contribution in [0.25, 0.3) is 0 Å². The van der Waals surface area contributed by atoms with E-state index in [0.717, 1.165) is 30.3 Å². The van der Waals surface area contributed by atoms with Gasteiger partial charge in [-0.05, 0) is 73.1 Å². The Morgan fingerprint density at radius 3 is 1.72 bits per heavy atom. The van der Waals surface area contributed by atoms with Gasteiger partial charge in [-0.3, -0.25) is 4.79 Å². The van der Waals surface area contributed by atoms with Gasteiger partial charge >= 0.3 is 12.4 Å². The molecule has 0 unspecified atom stereocenters. The summed E-state index contributed by atoms with van der Waals surface area (Å²) in [6.07, 6.45) is -8.99. The van der Waals surface area contributed by atoms with Crippen LogP contribution in [-0.2, 0) is 12.4 Å². The maximum absolute atomic E-state index is 12.7. The number of hydrogen-bond donors (Lipinski definition) is 0. The van der Waals surface area contributed by atoms with E-state index in [1.165, 1.54) is 19.9 Å². The summed E-state index contributed by atoms with van der Waals surface area (Å²) in [5, 5.41) is -0.545. The number of alkyl halides is 6. The second-order valence-electron chi connectivity index (χ2n) is 5.39. The Morgan fingerprint density at radius 2 is 1.28 bits per heavy atom. The summed E-state index contributed by atoms with van der Waals surface area (Å²) in [5.41, 5.74) is -1.71. The van der Waals surface area contributed by atoms with Gasteiger partial charge in [-0.1, -0.05) is 0 Å². The van der Waals surface area contributed by atoms with Gasteiger partial charge in [-0.2, -0.15) is 26.3 Å². The Balaban J connectivity index is 2.23. The monoisotopic (exact) mass is 378 g/mol. The van der Waals surface area contributed by atoms with E-state index in [-0.39, 0.29) is 21.6 Å². The van der Waals surface area contributed by atoms with Gasteiger partial charge in [0.25, 0.3) is 0 Å². The Labute approximate surface area is 144 Å². The van der Waals surface area contributed by atoms with Gasteiger partial charge in [-0.25, -0.2) is 0 Å². The van der Waals surface area contributed by atoms with Crippen LogP contribution in [0.15, 0.2) is 41.3 Å². The van der Waals surface area contributed by atoms with Gasteiger partial charge in [-0.15, -0.1) is 0 Å². The van der Waals surface area contributed by atoms with Crippen LogP contribution >= 0.6 is 11.8 Å². The van der Waals surface area contributed by atoms with Crippen molar-refractivity contribution < 1.29 is 31.1 Å². The van der Waals surface area contributed by atoms with E-state index in [2.05, 4.69) is 0 Å². The van der Waals surface area contributed by atoms with Crippen molar-refractivity contribution in [3.05, 3.63) is 64.2 Å². The number of halogens is 6. The van der Waals surface area contributed by atoms with E-state index >= 15 is 0 Å². The lowest BCUT2D eigenvalue weighted by molar-refractivity contribution is -0.138. The molecule has 2 aromatic carbocycles. The van der Waals surface area contributed by atoms with Gasteiger partial charge in [0.2, 0.25) is 5.12 Å². The molecular weight excluding hydrogens is 366 g/mol. The lowest BCUT2D eigenvalue weighted by atomic mass is 10.1. The zero-order valence-corrected chi connectivity index (χ0v) is 13.9. The highest BCUT2D eigenvalue weighted by molar-refractivity contribution is 8.14. The molecule has 0 amide bonds. The minimum atomic E-state index is -4.51. The first kappa shape index (κ1) is 19.4. The van der Waals surface area contributed by atoms with Crippen molar-refractivity contribution in [2.24, 2.45) is 0 Å². The summed E-state index contributed by atoms with van der Waals surface area (Å²) in [6.45, 7) is 2.52. The molecule has 0 N–H and O–H groups in total. The van der Waals surface area contributed by atoms with Crippen molar-refractivity contribution in [3.63, 3.8) is 0 Å². The molecular formula is C17H12F6OS. The minimum absolute atomic E-state index is 0.0334. The molecule has 0 spiro atoms. The Morgan fingerprint density at radius 1 is 0.800 bits per heavy atom. The third-order valence-corrected chi connectivity index (χ3v) is 4.39. The molecule has 2 aromatic rings. The van der Waals surface area contributed by atoms with Crippen LogP contribution in [-0.4, -0.2) is 5.12 Å². The second-order valence-corrected chi connectivity index (χ2v) is 6.44. The average molecular weight is 378 g/mol. The van der Waals surface area contributed by atoms with Gasteiger partial charge in [0.05, 0.1) is 11.1 Å². The van der Waals surface area contributed by atoms with E-state index < -0.39 is 28.6 Å². The topological polar surface area (TPSA) is 17.1 Å². The second kappa shape index (κ2) is 6.74. The van der Waals surface area contributed by atoms with Crippen molar-refractivity contribution in [1.82, 2.24) is 0 Å². The smallest absolute Gasteiger partial charge is 0.281 e. The molecule has 0 atom stereocenters. The molecule has 0 radical (unpaired) electrons. The third kappa shape index (κ3) is 4.56. The highest BCUT2D eigenvalue weighted by Gasteiger charge is 2.33. The summed E-state index contributed by atoms with van der Waals surface area (Å²) < 4.78 is 76.3. The van der Waals surface area contributed by atoms with E-state index in [1.807, 2.05) is 0 Å². The normalized spacial score (nSPS) is 12.3.